The molecule has 7 nitrogen and oxygen atoms in total. The van der Waals surface area contributed by atoms with E-state index in [1.54, 1.807) is 11.0 Å². The molecule has 0 unspecified atom stereocenters. The van der Waals surface area contributed by atoms with E-state index in [1.807, 2.05) is 13.8 Å². The van der Waals surface area contributed by atoms with Crippen LogP contribution >= 0.6 is 0 Å². The zero-order valence-electron chi connectivity index (χ0n) is 12.0. The molecule has 0 spiro atoms. The Kier molecular flexibility index (Phi) is 6.42. The van der Waals surface area contributed by atoms with Gasteiger partial charge in [0.25, 0.3) is 0 Å². The number of nitrogens with zero attached hydrogens (tertiary/aromatic N) is 3. The maximum absolute atomic E-state index is 11.8. The number of esters is 1. The standard InChI is InChI=1S/C13H20N4O3/c1-4-17(5-2)12(18)8-9-14-11-7-6-10(15-16-11)13(19)20-3/h6-7H,4-5,8-9H2,1-3H3,(H,14,16). The van der Waals surface area contributed by atoms with Crippen molar-refractivity contribution in [1.29, 1.82) is 0 Å². The van der Waals surface area contributed by atoms with Crippen molar-refractivity contribution in [2.45, 2.75) is 20.3 Å². The second kappa shape index (κ2) is 8.08. The number of aromatic nitrogens is 2. The van der Waals surface area contributed by atoms with Crippen molar-refractivity contribution in [3.05, 3.63) is 17.8 Å². The number of amides is 1. The highest BCUT2D eigenvalue weighted by molar-refractivity contribution is 5.86. The molecule has 1 heterocycles. The Morgan fingerprint density at radius 3 is 2.45 bits per heavy atom. The molecular weight excluding hydrogens is 260 g/mol. The molecule has 0 fully saturated rings. The third kappa shape index (κ3) is 4.49. The van der Waals surface area contributed by atoms with E-state index in [4.69, 9.17) is 0 Å². The third-order valence-electron chi connectivity index (χ3n) is 2.82. The summed E-state index contributed by atoms with van der Waals surface area (Å²) in [4.78, 5) is 24.7. The van der Waals surface area contributed by atoms with Crippen molar-refractivity contribution in [3.63, 3.8) is 0 Å². The predicted octanol–water partition coefficient (Wildman–Crippen LogP) is 0.934. The van der Waals surface area contributed by atoms with Crippen LogP contribution in [0.3, 0.4) is 0 Å². The summed E-state index contributed by atoms with van der Waals surface area (Å²) in [6.45, 7) is 5.80. The Balaban J connectivity index is 2.43. The second-order valence-corrected chi connectivity index (χ2v) is 4.04. The Morgan fingerprint density at radius 1 is 1.25 bits per heavy atom. The average Bonchev–Trinajstić information content (AvgIpc) is 2.48. The lowest BCUT2D eigenvalue weighted by Gasteiger charge is -2.18. The van der Waals surface area contributed by atoms with Crippen LogP contribution in [0.5, 0.6) is 0 Å². The predicted molar refractivity (Wildman–Crippen MR) is 74.4 cm³/mol. The summed E-state index contributed by atoms with van der Waals surface area (Å²) in [6, 6.07) is 3.15. The number of methoxy groups -OCH3 is 1. The average molecular weight is 280 g/mol. The van der Waals surface area contributed by atoms with Crippen LogP contribution in [0.25, 0.3) is 0 Å². The van der Waals surface area contributed by atoms with Crippen LogP contribution < -0.4 is 5.32 Å². The quantitative estimate of drug-likeness (QED) is 0.748. The van der Waals surface area contributed by atoms with E-state index in [1.165, 1.54) is 13.2 Å². The van der Waals surface area contributed by atoms with Gasteiger partial charge in [-0.2, -0.15) is 0 Å². The number of carbonyl (C=O) groups is 2. The molecule has 0 bridgehead atoms. The van der Waals surface area contributed by atoms with E-state index >= 15 is 0 Å². The minimum atomic E-state index is -0.527. The lowest BCUT2D eigenvalue weighted by atomic mass is 10.3. The zero-order valence-corrected chi connectivity index (χ0v) is 12.0. The number of hydrogen-bond acceptors (Lipinski definition) is 6. The maximum atomic E-state index is 11.8. The van der Waals surface area contributed by atoms with Crippen molar-refractivity contribution in [3.8, 4) is 0 Å². The fourth-order valence-electron chi connectivity index (χ4n) is 1.67. The fraction of sp³-hybridized carbons (Fsp3) is 0.538. The molecule has 1 N–H and O–H groups in total. The van der Waals surface area contributed by atoms with Crippen molar-refractivity contribution >= 4 is 17.7 Å². The first-order valence-electron chi connectivity index (χ1n) is 6.56. The smallest absolute Gasteiger partial charge is 0.358 e. The summed E-state index contributed by atoms with van der Waals surface area (Å²) in [5.41, 5.74) is 0.150. The first kappa shape index (κ1) is 15.9. The van der Waals surface area contributed by atoms with Gasteiger partial charge in [0.2, 0.25) is 5.91 Å². The van der Waals surface area contributed by atoms with Crippen molar-refractivity contribution in [1.82, 2.24) is 15.1 Å². The van der Waals surface area contributed by atoms with Gasteiger partial charge in [0.15, 0.2) is 5.69 Å². The van der Waals surface area contributed by atoms with Crippen molar-refractivity contribution in [2.75, 3.05) is 32.1 Å². The van der Waals surface area contributed by atoms with Crippen LogP contribution in [0.4, 0.5) is 5.82 Å². The summed E-state index contributed by atoms with van der Waals surface area (Å²) in [5.74, 6) is 0.0902. The minimum absolute atomic E-state index is 0.0987. The van der Waals surface area contributed by atoms with Gasteiger partial charge in [0.1, 0.15) is 5.82 Å². The summed E-state index contributed by atoms with van der Waals surface area (Å²) in [7, 11) is 1.29. The number of nitrogens with one attached hydrogen (secondary N) is 1. The molecular formula is C13H20N4O3. The molecule has 0 saturated carbocycles. The van der Waals surface area contributed by atoms with Crippen LogP contribution in [0.2, 0.25) is 0 Å². The Hall–Kier alpha value is -2.18. The molecule has 20 heavy (non-hydrogen) atoms. The summed E-state index contributed by atoms with van der Waals surface area (Å²) < 4.78 is 4.53. The zero-order chi connectivity index (χ0) is 15.0. The number of rotatable bonds is 7. The summed E-state index contributed by atoms with van der Waals surface area (Å²) in [6.07, 6.45) is 0.391. The molecule has 0 atom stereocenters. The molecule has 0 aliphatic heterocycles. The molecule has 0 aliphatic carbocycles. The van der Waals surface area contributed by atoms with Crippen molar-refractivity contribution < 1.29 is 14.3 Å². The molecule has 1 aromatic rings. The fourth-order valence-corrected chi connectivity index (χ4v) is 1.67. The molecule has 0 aliphatic rings. The topological polar surface area (TPSA) is 84.4 Å². The van der Waals surface area contributed by atoms with Gasteiger partial charge in [0, 0.05) is 26.1 Å². The Bertz CT molecular complexity index is 443. The van der Waals surface area contributed by atoms with E-state index in [9.17, 15) is 9.59 Å². The van der Waals surface area contributed by atoms with E-state index in [0.29, 0.717) is 31.9 Å². The summed E-state index contributed by atoms with van der Waals surface area (Å²) in [5, 5.41) is 10.6. The SMILES string of the molecule is CCN(CC)C(=O)CCNc1ccc(C(=O)OC)nn1. The monoisotopic (exact) mass is 280 g/mol. The van der Waals surface area contributed by atoms with Gasteiger partial charge >= 0.3 is 5.97 Å². The van der Waals surface area contributed by atoms with Crippen LogP contribution in [0.15, 0.2) is 12.1 Å². The van der Waals surface area contributed by atoms with E-state index in [0.717, 1.165) is 0 Å². The lowest BCUT2D eigenvalue weighted by Crippen LogP contribution is -2.31. The Morgan fingerprint density at radius 2 is 1.95 bits per heavy atom. The first-order chi connectivity index (χ1) is 9.62. The van der Waals surface area contributed by atoms with Crippen molar-refractivity contribution in [2.24, 2.45) is 0 Å². The number of carbonyl (C=O) groups excluding carboxylic acids is 2. The van der Waals surface area contributed by atoms with Gasteiger partial charge in [-0.05, 0) is 26.0 Å². The van der Waals surface area contributed by atoms with Crippen LogP contribution in [-0.4, -0.2) is 53.7 Å². The van der Waals surface area contributed by atoms with Crippen LogP contribution in [0.1, 0.15) is 30.8 Å². The van der Waals surface area contributed by atoms with Gasteiger partial charge in [-0.25, -0.2) is 4.79 Å². The molecule has 1 aromatic heterocycles. The molecule has 0 saturated heterocycles. The molecule has 1 amide bonds. The van der Waals surface area contributed by atoms with Gasteiger partial charge in [-0.3, -0.25) is 4.79 Å². The van der Waals surface area contributed by atoms with Crippen LogP contribution in [-0.2, 0) is 9.53 Å². The Labute approximate surface area is 118 Å². The van der Waals surface area contributed by atoms with E-state index < -0.39 is 5.97 Å². The highest BCUT2D eigenvalue weighted by Gasteiger charge is 2.10. The van der Waals surface area contributed by atoms with Gasteiger partial charge in [-0.15, -0.1) is 10.2 Å². The van der Waals surface area contributed by atoms with E-state index in [-0.39, 0.29) is 11.6 Å². The second-order valence-electron chi connectivity index (χ2n) is 4.04. The minimum Gasteiger partial charge on any atom is -0.464 e. The normalized spacial score (nSPS) is 9.95. The number of hydrogen-bond donors (Lipinski definition) is 1. The van der Waals surface area contributed by atoms with Gasteiger partial charge in [0.05, 0.1) is 7.11 Å². The highest BCUT2D eigenvalue weighted by Crippen LogP contribution is 2.03. The van der Waals surface area contributed by atoms with Gasteiger partial charge < -0.3 is 15.0 Å². The van der Waals surface area contributed by atoms with E-state index in [2.05, 4.69) is 20.3 Å². The summed E-state index contributed by atoms with van der Waals surface area (Å²) >= 11 is 0. The maximum Gasteiger partial charge on any atom is 0.358 e. The molecule has 110 valence electrons. The highest BCUT2D eigenvalue weighted by atomic mass is 16.5. The third-order valence-corrected chi connectivity index (χ3v) is 2.82. The molecule has 0 aromatic carbocycles. The lowest BCUT2D eigenvalue weighted by molar-refractivity contribution is -0.130. The number of anilines is 1. The largest absolute Gasteiger partial charge is 0.464 e. The first-order valence-corrected chi connectivity index (χ1v) is 6.56. The molecule has 0 radical (unpaired) electrons. The van der Waals surface area contributed by atoms with Crippen LogP contribution in [0, 0.1) is 0 Å². The molecule has 7 heteroatoms. The molecule has 1 rings (SSSR count). The number of ether oxygens (including phenoxy) is 1. The van der Waals surface area contributed by atoms with Gasteiger partial charge in [-0.1, -0.05) is 0 Å².